The van der Waals surface area contributed by atoms with Gasteiger partial charge in [0.2, 0.25) is 0 Å². The van der Waals surface area contributed by atoms with E-state index in [4.69, 9.17) is 0 Å². The summed E-state index contributed by atoms with van der Waals surface area (Å²) in [6.07, 6.45) is 0.729. The second-order valence-electron chi connectivity index (χ2n) is 4.68. The van der Waals surface area contributed by atoms with Gasteiger partial charge in [0, 0.05) is 11.4 Å². The van der Waals surface area contributed by atoms with Gasteiger partial charge < -0.3 is 0 Å². The zero-order valence-electron chi connectivity index (χ0n) is 11.2. The summed E-state index contributed by atoms with van der Waals surface area (Å²) in [7, 11) is -3.88. The van der Waals surface area contributed by atoms with Crippen molar-refractivity contribution in [1.82, 2.24) is 0 Å². The Morgan fingerprint density at radius 3 is 2.57 bits per heavy atom. The molecule has 0 aliphatic carbocycles. The van der Waals surface area contributed by atoms with Gasteiger partial charge in [-0.1, -0.05) is 24.3 Å². The van der Waals surface area contributed by atoms with Crippen LogP contribution >= 0.6 is 11.8 Å². The number of para-hydroxylation sites is 1. The van der Waals surface area contributed by atoms with Gasteiger partial charge in [0.25, 0.3) is 10.0 Å². The van der Waals surface area contributed by atoms with Gasteiger partial charge in [0.05, 0.1) is 5.69 Å². The minimum Gasteiger partial charge on any atom is -0.265 e. The SMILES string of the molecule is O=S(=O)(c1ccccc1F)N1CCCSc2ccccc21. The van der Waals surface area contributed by atoms with Crippen molar-refractivity contribution >= 4 is 27.5 Å². The molecule has 0 spiro atoms. The molecule has 0 saturated carbocycles. The minimum absolute atomic E-state index is 0.272. The monoisotopic (exact) mass is 323 g/mol. The van der Waals surface area contributed by atoms with Crippen molar-refractivity contribution in [1.29, 1.82) is 0 Å². The Hall–Kier alpha value is -1.53. The minimum atomic E-state index is -3.88. The summed E-state index contributed by atoms with van der Waals surface area (Å²) in [6.45, 7) is 0.362. The van der Waals surface area contributed by atoms with E-state index in [2.05, 4.69) is 0 Å². The van der Waals surface area contributed by atoms with E-state index in [1.54, 1.807) is 23.9 Å². The largest absolute Gasteiger partial charge is 0.267 e. The van der Waals surface area contributed by atoms with Crippen LogP contribution < -0.4 is 4.31 Å². The van der Waals surface area contributed by atoms with Crippen molar-refractivity contribution in [3.05, 3.63) is 54.3 Å². The van der Waals surface area contributed by atoms with Crippen LogP contribution in [-0.4, -0.2) is 20.7 Å². The summed E-state index contributed by atoms with van der Waals surface area (Å²) in [5.41, 5.74) is 0.628. The van der Waals surface area contributed by atoms with Gasteiger partial charge in [0.1, 0.15) is 10.7 Å². The van der Waals surface area contributed by atoms with Gasteiger partial charge in [-0.15, -0.1) is 11.8 Å². The highest BCUT2D eigenvalue weighted by atomic mass is 32.2. The summed E-state index contributed by atoms with van der Waals surface area (Å²) in [4.78, 5) is 0.640. The van der Waals surface area contributed by atoms with Crippen LogP contribution in [0.25, 0.3) is 0 Å². The number of halogens is 1. The first-order chi connectivity index (χ1) is 10.1. The first-order valence-corrected chi connectivity index (χ1v) is 9.02. The number of fused-ring (bicyclic) bond motifs is 1. The molecule has 2 aromatic rings. The Bertz CT molecular complexity index is 762. The number of benzene rings is 2. The van der Waals surface area contributed by atoms with Crippen molar-refractivity contribution in [2.75, 3.05) is 16.6 Å². The zero-order chi connectivity index (χ0) is 14.9. The van der Waals surface area contributed by atoms with Gasteiger partial charge in [-0.2, -0.15) is 0 Å². The summed E-state index contributed by atoms with van der Waals surface area (Å²) >= 11 is 1.63. The van der Waals surface area contributed by atoms with Crippen LogP contribution in [0.1, 0.15) is 6.42 Å². The average molecular weight is 323 g/mol. The maximum atomic E-state index is 13.9. The standard InChI is InChI=1S/C15H14FNO2S2/c16-12-6-1-4-9-15(12)21(18,19)17-10-5-11-20-14-8-3-2-7-13(14)17/h1-4,6-9H,5,10-11H2. The fraction of sp³-hybridized carbons (Fsp3) is 0.200. The molecule has 0 aromatic heterocycles. The fourth-order valence-corrected chi connectivity index (χ4v) is 4.96. The zero-order valence-corrected chi connectivity index (χ0v) is 12.8. The van der Waals surface area contributed by atoms with Crippen molar-refractivity contribution < 1.29 is 12.8 Å². The lowest BCUT2D eigenvalue weighted by Gasteiger charge is -2.24. The smallest absolute Gasteiger partial charge is 0.265 e. The number of hydrogen-bond donors (Lipinski definition) is 0. The summed E-state index contributed by atoms with van der Waals surface area (Å²) in [6, 6.07) is 12.9. The molecule has 0 N–H and O–H groups in total. The van der Waals surface area contributed by atoms with Crippen molar-refractivity contribution in [3.63, 3.8) is 0 Å². The van der Waals surface area contributed by atoms with Crippen LogP contribution in [0.2, 0.25) is 0 Å². The first-order valence-electron chi connectivity index (χ1n) is 6.60. The lowest BCUT2D eigenvalue weighted by atomic mass is 10.3. The van der Waals surface area contributed by atoms with Crippen LogP contribution in [0.5, 0.6) is 0 Å². The number of hydrogen-bond acceptors (Lipinski definition) is 3. The number of nitrogens with zero attached hydrogens (tertiary/aromatic N) is 1. The Labute approximate surface area is 127 Å². The molecule has 0 unspecified atom stereocenters. The Morgan fingerprint density at radius 1 is 1.05 bits per heavy atom. The lowest BCUT2D eigenvalue weighted by molar-refractivity contribution is 0.563. The van der Waals surface area contributed by atoms with Crippen LogP contribution in [0.4, 0.5) is 10.1 Å². The molecular weight excluding hydrogens is 309 g/mol. The molecule has 21 heavy (non-hydrogen) atoms. The van der Waals surface area contributed by atoms with Crippen LogP contribution in [0.15, 0.2) is 58.3 Å². The average Bonchev–Trinajstić information content (AvgIpc) is 2.70. The van der Waals surface area contributed by atoms with Crippen LogP contribution in [0.3, 0.4) is 0 Å². The third kappa shape index (κ3) is 2.65. The molecule has 2 aromatic carbocycles. The molecule has 0 atom stereocenters. The molecular formula is C15H14FNO2S2. The third-order valence-electron chi connectivity index (χ3n) is 3.30. The van der Waals surface area contributed by atoms with Crippen LogP contribution in [-0.2, 0) is 10.0 Å². The van der Waals surface area contributed by atoms with E-state index in [1.807, 2.05) is 12.1 Å². The van der Waals surface area contributed by atoms with E-state index >= 15 is 0 Å². The van der Waals surface area contributed by atoms with Crippen molar-refractivity contribution in [3.8, 4) is 0 Å². The normalized spacial score (nSPS) is 15.4. The number of anilines is 1. The van der Waals surface area contributed by atoms with Gasteiger partial charge in [0.15, 0.2) is 0 Å². The summed E-state index contributed by atoms with van der Waals surface area (Å²) < 4.78 is 40.8. The summed E-state index contributed by atoms with van der Waals surface area (Å²) in [5, 5.41) is 0. The van der Waals surface area contributed by atoms with Crippen molar-refractivity contribution in [2.24, 2.45) is 0 Å². The van der Waals surface area contributed by atoms with Gasteiger partial charge in [-0.25, -0.2) is 12.8 Å². The van der Waals surface area contributed by atoms with Crippen molar-refractivity contribution in [2.45, 2.75) is 16.2 Å². The van der Waals surface area contributed by atoms with E-state index in [-0.39, 0.29) is 4.90 Å². The maximum absolute atomic E-state index is 13.9. The molecule has 1 heterocycles. The highest BCUT2D eigenvalue weighted by Gasteiger charge is 2.30. The first kappa shape index (κ1) is 14.4. The summed E-state index contributed by atoms with van der Waals surface area (Å²) in [5.74, 6) is 0.132. The topological polar surface area (TPSA) is 37.4 Å². The van der Waals surface area contributed by atoms with E-state index < -0.39 is 15.8 Å². The third-order valence-corrected chi connectivity index (χ3v) is 6.30. The number of rotatable bonds is 2. The molecule has 110 valence electrons. The van der Waals surface area contributed by atoms with E-state index in [1.165, 1.54) is 28.6 Å². The maximum Gasteiger partial charge on any atom is 0.267 e. The molecule has 0 saturated heterocycles. The van der Waals surface area contributed by atoms with E-state index in [9.17, 15) is 12.8 Å². The molecule has 1 aliphatic heterocycles. The predicted molar refractivity (Wildman–Crippen MR) is 82.7 cm³/mol. The Morgan fingerprint density at radius 2 is 1.76 bits per heavy atom. The Balaban J connectivity index is 2.13. The van der Waals surface area contributed by atoms with Gasteiger partial charge >= 0.3 is 0 Å². The molecule has 0 radical (unpaired) electrons. The molecule has 0 bridgehead atoms. The second-order valence-corrected chi connectivity index (χ2v) is 7.64. The predicted octanol–water partition coefficient (Wildman–Crippen LogP) is 3.52. The second kappa shape index (κ2) is 5.69. The number of thioether (sulfide) groups is 1. The Kier molecular flexibility index (Phi) is 3.91. The molecule has 0 amide bonds. The number of sulfonamides is 1. The van der Waals surface area contributed by atoms with E-state index in [0.717, 1.165) is 17.1 Å². The lowest BCUT2D eigenvalue weighted by Crippen LogP contribution is -2.32. The molecule has 3 nitrogen and oxygen atoms in total. The quantitative estimate of drug-likeness (QED) is 0.848. The van der Waals surface area contributed by atoms with Crippen LogP contribution in [0, 0.1) is 5.82 Å². The van der Waals surface area contributed by atoms with Gasteiger partial charge in [-0.05, 0) is 36.4 Å². The molecule has 6 heteroatoms. The molecule has 0 fully saturated rings. The molecule has 3 rings (SSSR count). The fourth-order valence-electron chi connectivity index (χ4n) is 2.32. The van der Waals surface area contributed by atoms with Gasteiger partial charge in [-0.3, -0.25) is 4.31 Å². The highest BCUT2D eigenvalue weighted by Crippen LogP contribution is 2.36. The highest BCUT2D eigenvalue weighted by molar-refractivity contribution is 7.99. The molecule has 1 aliphatic rings. The van der Waals surface area contributed by atoms with E-state index in [0.29, 0.717) is 12.2 Å².